The van der Waals surface area contributed by atoms with Crippen molar-refractivity contribution in [2.45, 2.75) is 59.7 Å². The van der Waals surface area contributed by atoms with E-state index in [1.54, 1.807) is 0 Å². The van der Waals surface area contributed by atoms with E-state index in [1.807, 2.05) is 0 Å². The molecular weight excluding hydrogens is 172 g/mol. The fourth-order valence-corrected chi connectivity index (χ4v) is 2.40. The van der Waals surface area contributed by atoms with E-state index < -0.39 is 0 Å². The minimum absolute atomic E-state index is 0.597. The zero-order valence-electron chi connectivity index (χ0n) is 10.4. The van der Waals surface area contributed by atoms with Crippen LogP contribution < -0.4 is 0 Å². The minimum Gasteiger partial charge on any atom is -0.354 e. The first-order valence-corrected chi connectivity index (χ1v) is 5.70. The van der Waals surface area contributed by atoms with Gasteiger partial charge in [-0.3, -0.25) is 0 Å². The van der Waals surface area contributed by atoms with Crippen LogP contribution in [0.5, 0.6) is 0 Å². The number of hydrogen-bond donors (Lipinski definition) is 0. The van der Waals surface area contributed by atoms with Gasteiger partial charge < -0.3 is 9.80 Å². The Labute approximate surface area is 88.6 Å². The van der Waals surface area contributed by atoms with Gasteiger partial charge in [-0.2, -0.15) is 0 Å². The zero-order valence-corrected chi connectivity index (χ0v) is 10.4. The summed E-state index contributed by atoms with van der Waals surface area (Å²) in [6, 6.07) is 1.84. The second-order valence-electron chi connectivity index (χ2n) is 4.74. The second kappa shape index (κ2) is 4.24. The van der Waals surface area contributed by atoms with Crippen LogP contribution in [0.2, 0.25) is 0 Å². The molecule has 0 aromatic carbocycles. The van der Waals surface area contributed by atoms with Crippen LogP contribution in [-0.4, -0.2) is 34.5 Å². The van der Waals surface area contributed by atoms with Crippen LogP contribution in [0.4, 0.5) is 0 Å². The van der Waals surface area contributed by atoms with E-state index in [0.29, 0.717) is 18.1 Å². The van der Waals surface area contributed by atoms with E-state index in [2.05, 4.69) is 57.4 Å². The Bertz CT molecular complexity index is 218. The molecule has 1 aliphatic heterocycles. The third-order valence-electron chi connectivity index (χ3n) is 2.93. The van der Waals surface area contributed by atoms with Gasteiger partial charge in [0.1, 0.15) is 5.82 Å². The van der Waals surface area contributed by atoms with Crippen LogP contribution in [0.15, 0.2) is 11.9 Å². The van der Waals surface area contributed by atoms with E-state index in [-0.39, 0.29) is 0 Å². The second-order valence-corrected chi connectivity index (χ2v) is 4.74. The van der Waals surface area contributed by atoms with Gasteiger partial charge in [0, 0.05) is 24.7 Å². The largest absolute Gasteiger partial charge is 0.354 e. The number of hydrogen-bond acceptors (Lipinski definition) is 2. The van der Waals surface area contributed by atoms with Crippen molar-refractivity contribution in [2.75, 3.05) is 6.54 Å². The topological polar surface area (TPSA) is 6.48 Å². The Morgan fingerprint density at radius 1 is 1.21 bits per heavy atom. The quantitative estimate of drug-likeness (QED) is 0.670. The van der Waals surface area contributed by atoms with E-state index in [0.717, 1.165) is 6.54 Å². The van der Waals surface area contributed by atoms with Gasteiger partial charge in [0.2, 0.25) is 0 Å². The molecular formula is C12H24N2. The first kappa shape index (κ1) is 11.4. The number of nitrogens with zero attached hydrogens (tertiary/aromatic N) is 2. The SMILES string of the molecule is C/C=C1\N(C(C)C)C[C@H](C)N1C(C)C. The maximum atomic E-state index is 2.51. The van der Waals surface area contributed by atoms with Gasteiger partial charge in [-0.25, -0.2) is 0 Å². The molecule has 1 saturated heterocycles. The molecule has 1 aliphatic rings. The van der Waals surface area contributed by atoms with Crippen LogP contribution in [0.3, 0.4) is 0 Å². The normalized spacial score (nSPS) is 26.0. The van der Waals surface area contributed by atoms with Gasteiger partial charge >= 0.3 is 0 Å². The highest BCUT2D eigenvalue weighted by molar-refractivity contribution is 5.09. The van der Waals surface area contributed by atoms with Gasteiger partial charge in [0.25, 0.3) is 0 Å². The fourth-order valence-electron chi connectivity index (χ4n) is 2.40. The molecule has 2 heteroatoms. The highest BCUT2D eigenvalue weighted by Gasteiger charge is 2.32. The Kier molecular flexibility index (Phi) is 3.46. The van der Waals surface area contributed by atoms with Gasteiger partial charge in [-0.1, -0.05) is 0 Å². The smallest absolute Gasteiger partial charge is 0.100 e. The average molecular weight is 196 g/mol. The number of rotatable bonds is 2. The highest BCUT2D eigenvalue weighted by Crippen LogP contribution is 2.27. The summed E-state index contributed by atoms with van der Waals surface area (Å²) in [7, 11) is 0. The van der Waals surface area contributed by atoms with E-state index in [4.69, 9.17) is 0 Å². The fraction of sp³-hybridized carbons (Fsp3) is 0.833. The molecule has 1 heterocycles. The summed E-state index contributed by atoms with van der Waals surface area (Å²) in [4.78, 5) is 5.00. The molecule has 0 radical (unpaired) electrons. The Morgan fingerprint density at radius 2 is 1.79 bits per heavy atom. The molecule has 14 heavy (non-hydrogen) atoms. The number of allylic oxidation sites excluding steroid dienone is 1. The highest BCUT2D eigenvalue weighted by atomic mass is 15.4. The van der Waals surface area contributed by atoms with Crippen LogP contribution in [0.1, 0.15) is 41.5 Å². The third kappa shape index (κ3) is 1.89. The Hall–Kier alpha value is -0.660. The molecule has 1 atom stereocenters. The molecule has 1 fully saturated rings. The molecule has 0 spiro atoms. The molecule has 0 amide bonds. The third-order valence-corrected chi connectivity index (χ3v) is 2.93. The van der Waals surface area contributed by atoms with Crippen molar-refractivity contribution in [2.24, 2.45) is 0 Å². The van der Waals surface area contributed by atoms with Crippen LogP contribution in [-0.2, 0) is 0 Å². The first-order valence-electron chi connectivity index (χ1n) is 5.70. The van der Waals surface area contributed by atoms with E-state index >= 15 is 0 Å². The first-order chi connectivity index (χ1) is 6.49. The van der Waals surface area contributed by atoms with Gasteiger partial charge in [-0.05, 0) is 47.6 Å². The lowest BCUT2D eigenvalue weighted by Gasteiger charge is -2.31. The monoisotopic (exact) mass is 196 g/mol. The molecule has 0 aromatic heterocycles. The summed E-state index contributed by atoms with van der Waals surface area (Å²) in [6.07, 6.45) is 2.24. The van der Waals surface area contributed by atoms with Crippen molar-refractivity contribution in [3.05, 3.63) is 11.9 Å². The molecule has 0 unspecified atom stereocenters. The molecule has 0 bridgehead atoms. The van der Waals surface area contributed by atoms with Crippen molar-refractivity contribution in [1.82, 2.24) is 9.80 Å². The molecule has 1 rings (SSSR count). The van der Waals surface area contributed by atoms with Gasteiger partial charge in [0.05, 0.1) is 0 Å². The van der Waals surface area contributed by atoms with Crippen LogP contribution >= 0.6 is 0 Å². The standard InChI is InChI=1S/C12H24N2/c1-7-12-13(9(2)3)8-11(6)14(12)10(4)5/h7,9-11H,8H2,1-6H3/b12-7+/t11-/m0/s1. The van der Waals surface area contributed by atoms with Crippen molar-refractivity contribution >= 4 is 0 Å². The molecule has 0 N–H and O–H groups in total. The molecule has 82 valence electrons. The van der Waals surface area contributed by atoms with Crippen LogP contribution in [0, 0.1) is 0 Å². The zero-order chi connectivity index (χ0) is 10.9. The Balaban J connectivity index is 2.89. The molecule has 0 aromatic rings. The average Bonchev–Trinajstić information content (AvgIpc) is 2.41. The van der Waals surface area contributed by atoms with Gasteiger partial charge in [-0.15, -0.1) is 0 Å². The molecule has 2 nitrogen and oxygen atoms in total. The van der Waals surface area contributed by atoms with Crippen molar-refractivity contribution in [1.29, 1.82) is 0 Å². The van der Waals surface area contributed by atoms with E-state index in [1.165, 1.54) is 5.82 Å². The predicted octanol–water partition coefficient (Wildman–Crippen LogP) is 2.67. The summed E-state index contributed by atoms with van der Waals surface area (Å²) < 4.78 is 0. The summed E-state index contributed by atoms with van der Waals surface area (Å²) in [5.41, 5.74) is 0. The Morgan fingerprint density at radius 3 is 2.14 bits per heavy atom. The van der Waals surface area contributed by atoms with Crippen LogP contribution in [0.25, 0.3) is 0 Å². The summed E-state index contributed by atoms with van der Waals surface area (Å²) in [6.45, 7) is 14.7. The van der Waals surface area contributed by atoms with Gasteiger partial charge in [0.15, 0.2) is 0 Å². The summed E-state index contributed by atoms with van der Waals surface area (Å²) in [5, 5.41) is 0. The lowest BCUT2D eigenvalue weighted by Crippen LogP contribution is -2.34. The predicted molar refractivity (Wildman–Crippen MR) is 62.0 cm³/mol. The summed E-state index contributed by atoms with van der Waals surface area (Å²) in [5.74, 6) is 1.41. The lowest BCUT2D eigenvalue weighted by atomic mass is 10.2. The summed E-state index contributed by atoms with van der Waals surface area (Å²) >= 11 is 0. The lowest BCUT2D eigenvalue weighted by molar-refractivity contribution is 0.244. The van der Waals surface area contributed by atoms with E-state index in [9.17, 15) is 0 Å². The molecule has 0 aliphatic carbocycles. The van der Waals surface area contributed by atoms with Crippen molar-refractivity contribution < 1.29 is 0 Å². The minimum atomic E-state index is 0.597. The molecule has 0 saturated carbocycles. The maximum Gasteiger partial charge on any atom is 0.100 e. The maximum absolute atomic E-state index is 2.51. The van der Waals surface area contributed by atoms with Crippen molar-refractivity contribution in [3.63, 3.8) is 0 Å². The van der Waals surface area contributed by atoms with Crippen molar-refractivity contribution in [3.8, 4) is 0 Å².